The van der Waals surface area contributed by atoms with E-state index in [1.807, 2.05) is 0 Å². The van der Waals surface area contributed by atoms with Crippen LogP contribution >= 0.6 is 0 Å². The molecule has 1 aliphatic carbocycles. The molecule has 1 aromatic rings. The van der Waals surface area contributed by atoms with Gasteiger partial charge < -0.3 is 10.6 Å². The molecule has 0 unspecified atom stereocenters. The number of carbonyl (C=O) groups excluding carboxylic acids is 1. The molecule has 0 bridgehead atoms. The number of carbonyl (C=O) groups is 1. The molecule has 0 atom stereocenters. The van der Waals surface area contributed by atoms with E-state index < -0.39 is 0 Å². The second kappa shape index (κ2) is 5.17. The minimum absolute atomic E-state index is 0.245. The van der Waals surface area contributed by atoms with Crippen molar-refractivity contribution in [1.82, 2.24) is 5.32 Å². The van der Waals surface area contributed by atoms with Gasteiger partial charge in [0.05, 0.1) is 0 Å². The van der Waals surface area contributed by atoms with Crippen LogP contribution in [-0.4, -0.2) is 12.1 Å². The van der Waals surface area contributed by atoms with Crippen molar-refractivity contribution < 1.29 is 9.18 Å². The van der Waals surface area contributed by atoms with Crippen molar-refractivity contribution in [3.8, 4) is 0 Å². The summed E-state index contributed by atoms with van der Waals surface area (Å²) in [7, 11) is 0. The summed E-state index contributed by atoms with van der Waals surface area (Å²) in [5.41, 5.74) is 0.995. The van der Waals surface area contributed by atoms with E-state index in [4.69, 9.17) is 0 Å². The van der Waals surface area contributed by atoms with Crippen LogP contribution in [0.2, 0.25) is 0 Å². The van der Waals surface area contributed by atoms with E-state index in [2.05, 4.69) is 10.6 Å². The van der Waals surface area contributed by atoms with Crippen LogP contribution in [0.15, 0.2) is 18.2 Å². The predicted octanol–water partition coefficient (Wildman–Crippen LogP) is 3.20. The fourth-order valence-corrected chi connectivity index (χ4v) is 2.16. The van der Waals surface area contributed by atoms with Gasteiger partial charge in [0.15, 0.2) is 0 Å². The zero-order valence-electron chi connectivity index (χ0n) is 9.92. The monoisotopic (exact) mass is 236 g/mol. The van der Waals surface area contributed by atoms with Crippen molar-refractivity contribution in [3.63, 3.8) is 0 Å². The second-order valence-electron chi connectivity index (χ2n) is 4.49. The van der Waals surface area contributed by atoms with Gasteiger partial charge in [-0.05, 0) is 31.9 Å². The third kappa shape index (κ3) is 2.96. The summed E-state index contributed by atoms with van der Waals surface area (Å²) in [6.07, 6.45) is 4.42. The van der Waals surface area contributed by atoms with E-state index in [0.717, 1.165) is 12.8 Å². The molecule has 0 aromatic heterocycles. The summed E-state index contributed by atoms with van der Waals surface area (Å²) < 4.78 is 13.3. The van der Waals surface area contributed by atoms with Crippen LogP contribution in [0.5, 0.6) is 0 Å². The largest absolute Gasteiger partial charge is 0.335 e. The molecule has 3 nitrogen and oxygen atoms in total. The second-order valence-corrected chi connectivity index (χ2v) is 4.49. The molecule has 92 valence electrons. The normalized spacial score (nSPS) is 15.9. The lowest BCUT2D eigenvalue weighted by Crippen LogP contribution is -2.36. The molecule has 0 heterocycles. The Labute approximate surface area is 100 Å². The lowest BCUT2D eigenvalue weighted by molar-refractivity contribution is 0.248. The topological polar surface area (TPSA) is 41.1 Å². The van der Waals surface area contributed by atoms with Gasteiger partial charge in [-0.25, -0.2) is 9.18 Å². The lowest BCUT2D eigenvalue weighted by atomic mass is 10.2. The van der Waals surface area contributed by atoms with Gasteiger partial charge in [-0.2, -0.15) is 0 Å². The van der Waals surface area contributed by atoms with Crippen molar-refractivity contribution in [2.75, 3.05) is 5.32 Å². The summed E-state index contributed by atoms with van der Waals surface area (Å²) in [6.45, 7) is 1.65. The van der Waals surface area contributed by atoms with Gasteiger partial charge >= 0.3 is 6.03 Å². The highest BCUT2D eigenvalue weighted by atomic mass is 19.1. The number of urea groups is 1. The Morgan fingerprint density at radius 3 is 2.76 bits per heavy atom. The van der Waals surface area contributed by atoms with E-state index in [0.29, 0.717) is 11.3 Å². The van der Waals surface area contributed by atoms with Crippen LogP contribution in [0.3, 0.4) is 0 Å². The van der Waals surface area contributed by atoms with E-state index >= 15 is 0 Å². The lowest BCUT2D eigenvalue weighted by Gasteiger charge is -2.14. The molecule has 1 fully saturated rings. The maximum absolute atomic E-state index is 13.3. The number of anilines is 1. The SMILES string of the molecule is Cc1c(F)cccc1NC(=O)NC1CCCC1. The third-order valence-corrected chi connectivity index (χ3v) is 3.21. The molecule has 1 saturated carbocycles. The van der Waals surface area contributed by atoms with Crippen LogP contribution in [0.25, 0.3) is 0 Å². The Balaban J connectivity index is 1.95. The average molecular weight is 236 g/mol. The number of nitrogens with one attached hydrogen (secondary N) is 2. The minimum Gasteiger partial charge on any atom is -0.335 e. The number of hydrogen-bond acceptors (Lipinski definition) is 1. The molecule has 1 aromatic carbocycles. The van der Waals surface area contributed by atoms with Crippen molar-refractivity contribution in [3.05, 3.63) is 29.6 Å². The molecule has 2 N–H and O–H groups in total. The summed E-state index contributed by atoms with van der Waals surface area (Å²) in [5, 5.41) is 5.59. The highest BCUT2D eigenvalue weighted by Gasteiger charge is 2.17. The molecule has 17 heavy (non-hydrogen) atoms. The Kier molecular flexibility index (Phi) is 3.61. The molecule has 0 aliphatic heterocycles. The van der Waals surface area contributed by atoms with E-state index in [1.165, 1.54) is 18.9 Å². The Bertz CT molecular complexity index is 414. The average Bonchev–Trinajstić information content (AvgIpc) is 2.77. The molecule has 4 heteroatoms. The maximum atomic E-state index is 13.3. The molecular weight excluding hydrogens is 219 g/mol. The zero-order valence-corrected chi connectivity index (χ0v) is 9.92. The van der Waals surface area contributed by atoms with Crippen LogP contribution in [0, 0.1) is 12.7 Å². The first-order chi connectivity index (χ1) is 8.16. The van der Waals surface area contributed by atoms with Crippen molar-refractivity contribution in [2.45, 2.75) is 38.6 Å². The van der Waals surface area contributed by atoms with E-state index in [-0.39, 0.29) is 17.9 Å². The van der Waals surface area contributed by atoms with Gasteiger partial charge in [-0.1, -0.05) is 18.9 Å². The van der Waals surface area contributed by atoms with E-state index in [1.54, 1.807) is 19.1 Å². The number of hydrogen-bond donors (Lipinski definition) is 2. The first kappa shape index (κ1) is 11.9. The summed E-state index contributed by atoms with van der Waals surface area (Å²) in [5.74, 6) is -0.302. The Morgan fingerprint density at radius 1 is 1.35 bits per heavy atom. The summed E-state index contributed by atoms with van der Waals surface area (Å²) in [6, 6.07) is 4.70. The van der Waals surface area contributed by atoms with Crippen molar-refractivity contribution in [2.24, 2.45) is 0 Å². The molecule has 1 aliphatic rings. The van der Waals surface area contributed by atoms with Crippen molar-refractivity contribution >= 4 is 11.7 Å². The molecule has 0 spiro atoms. The number of amides is 2. The fourth-order valence-electron chi connectivity index (χ4n) is 2.16. The number of rotatable bonds is 2. The Morgan fingerprint density at radius 2 is 2.06 bits per heavy atom. The highest BCUT2D eigenvalue weighted by molar-refractivity contribution is 5.90. The third-order valence-electron chi connectivity index (χ3n) is 3.21. The summed E-state index contributed by atoms with van der Waals surface area (Å²) >= 11 is 0. The summed E-state index contributed by atoms with van der Waals surface area (Å²) in [4.78, 5) is 11.7. The molecular formula is C13H17FN2O. The maximum Gasteiger partial charge on any atom is 0.319 e. The van der Waals surface area contributed by atoms with Gasteiger partial charge in [-0.15, -0.1) is 0 Å². The first-order valence-electron chi connectivity index (χ1n) is 5.99. The predicted molar refractivity (Wildman–Crippen MR) is 65.5 cm³/mol. The van der Waals surface area contributed by atoms with Gasteiger partial charge in [0.1, 0.15) is 5.82 Å². The van der Waals surface area contributed by atoms with Gasteiger partial charge in [-0.3, -0.25) is 0 Å². The fraction of sp³-hybridized carbons (Fsp3) is 0.462. The smallest absolute Gasteiger partial charge is 0.319 e. The first-order valence-corrected chi connectivity index (χ1v) is 5.99. The molecule has 0 radical (unpaired) electrons. The van der Waals surface area contributed by atoms with Gasteiger partial charge in [0.25, 0.3) is 0 Å². The van der Waals surface area contributed by atoms with Crippen LogP contribution in [-0.2, 0) is 0 Å². The Hall–Kier alpha value is -1.58. The van der Waals surface area contributed by atoms with Crippen LogP contribution in [0.1, 0.15) is 31.2 Å². The molecule has 0 saturated heterocycles. The highest BCUT2D eigenvalue weighted by Crippen LogP contribution is 2.19. The zero-order chi connectivity index (χ0) is 12.3. The van der Waals surface area contributed by atoms with Crippen molar-refractivity contribution in [1.29, 1.82) is 0 Å². The molecule has 2 rings (SSSR count). The standard InChI is InChI=1S/C13H17FN2O/c1-9-11(14)7-4-8-12(9)16-13(17)15-10-5-2-3-6-10/h4,7-8,10H,2-3,5-6H2,1H3,(H2,15,16,17). The minimum atomic E-state index is -0.302. The van der Waals surface area contributed by atoms with Gasteiger partial charge in [0, 0.05) is 17.3 Å². The number of halogens is 1. The number of benzene rings is 1. The molecule has 2 amide bonds. The van der Waals surface area contributed by atoms with Crippen LogP contribution < -0.4 is 10.6 Å². The van der Waals surface area contributed by atoms with E-state index in [9.17, 15) is 9.18 Å². The van der Waals surface area contributed by atoms with Gasteiger partial charge in [0.2, 0.25) is 0 Å². The van der Waals surface area contributed by atoms with Crippen LogP contribution in [0.4, 0.5) is 14.9 Å². The quantitative estimate of drug-likeness (QED) is 0.813.